The fourth-order valence-corrected chi connectivity index (χ4v) is 3.40. The van der Waals surface area contributed by atoms with Gasteiger partial charge in [-0.3, -0.25) is 4.90 Å². The molecule has 1 aromatic rings. The highest BCUT2D eigenvalue weighted by atomic mass is 16.5. The molecule has 2 atom stereocenters. The van der Waals surface area contributed by atoms with Crippen LogP contribution in [0.5, 0.6) is 5.75 Å². The summed E-state index contributed by atoms with van der Waals surface area (Å²) < 4.78 is 6.12. The summed E-state index contributed by atoms with van der Waals surface area (Å²) in [5, 5.41) is 3.66. The van der Waals surface area contributed by atoms with Gasteiger partial charge in [0.2, 0.25) is 0 Å². The third-order valence-corrected chi connectivity index (χ3v) is 4.72. The number of nitrogens with zero attached hydrogens (tertiary/aromatic N) is 1. The van der Waals surface area contributed by atoms with Crippen LogP contribution >= 0.6 is 0 Å². The van der Waals surface area contributed by atoms with E-state index in [1.165, 1.54) is 11.1 Å². The van der Waals surface area contributed by atoms with E-state index in [0.717, 1.165) is 38.3 Å². The highest BCUT2D eigenvalue weighted by Gasteiger charge is 2.32. The Morgan fingerprint density at radius 3 is 2.90 bits per heavy atom. The molecular weight excluding hydrogens is 260 g/mol. The molecule has 2 aliphatic rings. The maximum atomic E-state index is 6.12. The molecular formula is C18H28N2O. The topological polar surface area (TPSA) is 24.5 Å². The van der Waals surface area contributed by atoms with Crippen molar-refractivity contribution in [2.45, 2.75) is 46.3 Å². The molecule has 2 aliphatic heterocycles. The second-order valence-corrected chi connectivity index (χ2v) is 7.69. The van der Waals surface area contributed by atoms with Gasteiger partial charge < -0.3 is 10.1 Å². The van der Waals surface area contributed by atoms with E-state index in [0.29, 0.717) is 17.6 Å². The third-order valence-electron chi connectivity index (χ3n) is 4.72. The van der Waals surface area contributed by atoms with Gasteiger partial charge in [-0.25, -0.2) is 0 Å². The molecule has 0 amide bonds. The van der Waals surface area contributed by atoms with E-state index >= 15 is 0 Å². The Kier molecular flexibility index (Phi) is 3.98. The van der Waals surface area contributed by atoms with Gasteiger partial charge in [-0.2, -0.15) is 0 Å². The van der Waals surface area contributed by atoms with Crippen molar-refractivity contribution in [3.63, 3.8) is 0 Å². The summed E-state index contributed by atoms with van der Waals surface area (Å²) in [7, 11) is 0. The first-order valence-electron chi connectivity index (χ1n) is 8.14. The maximum absolute atomic E-state index is 6.12. The molecule has 2 heterocycles. The Labute approximate surface area is 128 Å². The average Bonchev–Trinajstić information content (AvgIpc) is 2.79. The van der Waals surface area contributed by atoms with Crippen molar-refractivity contribution in [2.75, 3.05) is 26.2 Å². The van der Waals surface area contributed by atoms with Crippen LogP contribution in [0.3, 0.4) is 0 Å². The van der Waals surface area contributed by atoms with Crippen molar-refractivity contribution in [3.8, 4) is 5.75 Å². The smallest absolute Gasteiger partial charge is 0.123 e. The molecule has 0 spiro atoms. The van der Waals surface area contributed by atoms with Crippen LogP contribution in [0, 0.1) is 12.3 Å². The lowest BCUT2D eigenvalue weighted by Crippen LogP contribution is -2.57. The van der Waals surface area contributed by atoms with Gasteiger partial charge in [0.05, 0.1) is 0 Å². The summed E-state index contributed by atoms with van der Waals surface area (Å²) in [6.07, 6.45) is 1.38. The van der Waals surface area contributed by atoms with Crippen LogP contribution in [-0.4, -0.2) is 43.2 Å². The molecule has 0 aromatic heterocycles. The second kappa shape index (κ2) is 5.62. The number of aryl methyl sites for hydroxylation is 1. The monoisotopic (exact) mass is 288 g/mol. The van der Waals surface area contributed by atoms with Crippen LogP contribution in [0.1, 0.15) is 31.9 Å². The molecule has 0 saturated carbocycles. The van der Waals surface area contributed by atoms with Crippen molar-refractivity contribution >= 4 is 0 Å². The molecule has 1 fully saturated rings. The Morgan fingerprint density at radius 1 is 1.33 bits per heavy atom. The van der Waals surface area contributed by atoms with E-state index in [4.69, 9.17) is 4.74 Å². The lowest BCUT2D eigenvalue weighted by Gasteiger charge is -2.41. The molecule has 3 nitrogen and oxygen atoms in total. The number of rotatable bonds is 2. The van der Waals surface area contributed by atoms with Crippen LogP contribution in [0.25, 0.3) is 0 Å². The van der Waals surface area contributed by atoms with Crippen LogP contribution < -0.4 is 10.1 Å². The van der Waals surface area contributed by atoms with E-state index in [-0.39, 0.29) is 0 Å². The number of benzene rings is 1. The number of hydrogen-bond donors (Lipinski definition) is 1. The molecule has 3 heteroatoms. The fraction of sp³-hybridized carbons (Fsp3) is 0.667. The Hall–Kier alpha value is -1.06. The molecule has 1 aromatic carbocycles. The van der Waals surface area contributed by atoms with Crippen molar-refractivity contribution in [2.24, 2.45) is 5.41 Å². The molecule has 1 N–H and O–H groups in total. The minimum Gasteiger partial charge on any atom is -0.488 e. The van der Waals surface area contributed by atoms with Crippen LogP contribution in [0.4, 0.5) is 0 Å². The van der Waals surface area contributed by atoms with Gasteiger partial charge in [-0.1, -0.05) is 38.5 Å². The van der Waals surface area contributed by atoms with Crippen molar-refractivity contribution < 1.29 is 4.74 Å². The summed E-state index contributed by atoms with van der Waals surface area (Å²) >= 11 is 0. The zero-order valence-corrected chi connectivity index (χ0v) is 13.8. The van der Waals surface area contributed by atoms with Gasteiger partial charge in [0, 0.05) is 38.6 Å². The highest BCUT2D eigenvalue weighted by Crippen LogP contribution is 2.30. The first-order valence-corrected chi connectivity index (χ1v) is 8.14. The van der Waals surface area contributed by atoms with Gasteiger partial charge >= 0.3 is 0 Å². The van der Waals surface area contributed by atoms with Gasteiger partial charge in [0.15, 0.2) is 0 Å². The van der Waals surface area contributed by atoms with Gasteiger partial charge in [0.1, 0.15) is 11.9 Å². The summed E-state index contributed by atoms with van der Waals surface area (Å²) in [6, 6.07) is 7.10. The number of piperazine rings is 1. The highest BCUT2D eigenvalue weighted by molar-refractivity contribution is 5.40. The van der Waals surface area contributed by atoms with E-state index in [1.54, 1.807) is 0 Å². The zero-order valence-electron chi connectivity index (χ0n) is 13.8. The number of hydrogen-bond acceptors (Lipinski definition) is 3. The van der Waals surface area contributed by atoms with Gasteiger partial charge in [-0.05, 0) is 24.0 Å². The second-order valence-electron chi connectivity index (χ2n) is 7.69. The summed E-state index contributed by atoms with van der Waals surface area (Å²) in [5.41, 5.74) is 3.02. The normalized spacial score (nSPS) is 26.5. The minimum absolute atomic E-state index is 0.315. The molecule has 21 heavy (non-hydrogen) atoms. The summed E-state index contributed by atoms with van der Waals surface area (Å²) in [5.74, 6) is 1.09. The molecule has 3 rings (SSSR count). The SMILES string of the molecule is Cc1ccc2c(c1)CC(CN1CCNC(C(C)(C)C)C1)O2. The van der Waals surface area contributed by atoms with Crippen LogP contribution in [0.15, 0.2) is 18.2 Å². The predicted octanol–water partition coefficient (Wildman–Crippen LogP) is 2.62. The zero-order chi connectivity index (χ0) is 15.0. The quantitative estimate of drug-likeness (QED) is 0.905. The molecule has 1 saturated heterocycles. The fourth-order valence-electron chi connectivity index (χ4n) is 3.40. The van der Waals surface area contributed by atoms with Gasteiger partial charge in [0.25, 0.3) is 0 Å². The molecule has 0 aliphatic carbocycles. The van der Waals surface area contributed by atoms with E-state index < -0.39 is 0 Å². The van der Waals surface area contributed by atoms with E-state index in [9.17, 15) is 0 Å². The average molecular weight is 288 g/mol. The van der Waals surface area contributed by atoms with Gasteiger partial charge in [-0.15, -0.1) is 0 Å². The largest absolute Gasteiger partial charge is 0.488 e. The maximum Gasteiger partial charge on any atom is 0.123 e. The predicted molar refractivity (Wildman–Crippen MR) is 87.0 cm³/mol. The third kappa shape index (κ3) is 3.41. The van der Waals surface area contributed by atoms with E-state index in [2.05, 4.69) is 56.1 Å². The van der Waals surface area contributed by atoms with Crippen LogP contribution in [0.2, 0.25) is 0 Å². The standard InChI is InChI=1S/C18H28N2O/c1-13-5-6-16-14(9-13)10-15(21-16)11-20-8-7-19-17(12-20)18(2,3)4/h5-6,9,15,17,19H,7-8,10-12H2,1-4H3. The van der Waals surface area contributed by atoms with Crippen molar-refractivity contribution in [1.82, 2.24) is 10.2 Å². The Bertz CT molecular complexity index is 506. The molecule has 116 valence electrons. The Balaban J connectivity index is 1.59. The lowest BCUT2D eigenvalue weighted by molar-refractivity contribution is 0.0935. The van der Waals surface area contributed by atoms with E-state index in [1.807, 2.05) is 0 Å². The molecule has 2 unspecified atom stereocenters. The lowest BCUT2D eigenvalue weighted by atomic mass is 9.85. The van der Waals surface area contributed by atoms with Crippen LogP contribution in [-0.2, 0) is 6.42 Å². The first kappa shape index (κ1) is 14.9. The molecule has 0 bridgehead atoms. The number of fused-ring (bicyclic) bond motifs is 1. The Morgan fingerprint density at radius 2 is 2.14 bits per heavy atom. The first-order chi connectivity index (χ1) is 9.91. The van der Waals surface area contributed by atoms with Crippen molar-refractivity contribution in [3.05, 3.63) is 29.3 Å². The molecule has 0 radical (unpaired) electrons. The van der Waals surface area contributed by atoms with Crippen molar-refractivity contribution in [1.29, 1.82) is 0 Å². The minimum atomic E-state index is 0.315. The summed E-state index contributed by atoms with van der Waals surface area (Å²) in [4.78, 5) is 2.57. The number of ether oxygens (including phenoxy) is 1. The summed E-state index contributed by atoms with van der Waals surface area (Å²) in [6.45, 7) is 13.5. The number of nitrogens with one attached hydrogen (secondary N) is 1.